The molecule has 0 aromatic heterocycles. The van der Waals surface area contributed by atoms with Crippen LogP contribution >= 0.6 is 15.6 Å². The SMILES string of the molecule is CCCCCCCCCCCCCCC(=O)O[C@H](COC(=O)CCCCCCCCCC(C)C)COP(=O)(O)OC[C@@H](O)COP(=O)(O)OC[C@@H](COC(=O)CCCCCCCCC)OC(=O)CCCCCCCCCCC. The monoisotopic (exact) mass is 1160 g/mol. The van der Waals surface area contributed by atoms with E-state index in [4.69, 9.17) is 37.0 Å². The van der Waals surface area contributed by atoms with Crippen LogP contribution in [0.3, 0.4) is 0 Å². The van der Waals surface area contributed by atoms with Gasteiger partial charge in [0.2, 0.25) is 0 Å². The third-order valence-corrected chi connectivity index (χ3v) is 15.4. The van der Waals surface area contributed by atoms with E-state index in [-0.39, 0.29) is 25.7 Å². The molecule has 0 saturated heterocycles. The summed E-state index contributed by atoms with van der Waals surface area (Å²) in [6.45, 7) is 7.04. The molecule has 0 aliphatic heterocycles. The molecule has 2 unspecified atom stereocenters. The third kappa shape index (κ3) is 53.4. The smallest absolute Gasteiger partial charge is 0.462 e. The van der Waals surface area contributed by atoms with Crippen LogP contribution in [0.25, 0.3) is 0 Å². The molecule has 0 radical (unpaired) electrons. The standard InChI is InChI=1S/C59H114O17P2/c1-6-9-12-15-18-20-21-22-24-29-35-40-45-59(64)76-55(49-70-57(62)43-38-33-30-25-27-31-36-41-52(4)5)51-74-78(67,68)72-47-53(60)46-71-77(65,66)73-50-54(48-69-56(61)42-37-32-26-17-14-11-8-3)75-58(63)44-39-34-28-23-19-16-13-10-7-2/h52-55,60H,6-51H2,1-5H3,(H,65,66)(H,67,68)/t53-,54+,55+/m0/s1. The van der Waals surface area contributed by atoms with Crippen molar-refractivity contribution in [2.24, 2.45) is 5.92 Å². The lowest BCUT2D eigenvalue weighted by Gasteiger charge is -2.21. The first-order chi connectivity index (χ1) is 37.5. The molecule has 78 heavy (non-hydrogen) atoms. The fourth-order valence-electron chi connectivity index (χ4n) is 8.70. The Kier molecular flexibility index (Phi) is 51.8. The molecule has 3 N–H and O–H groups in total. The Bertz CT molecular complexity index is 1530. The van der Waals surface area contributed by atoms with Crippen molar-refractivity contribution < 1.29 is 80.2 Å². The van der Waals surface area contributed by atoms with E-state index in [2.05, 4.69) is 34.6 Å². The molecule has 17 nitrogen and oxygen atoms in total. The van der Waals surface area contributed by atoms with Gasteiger partial charge in [0, 0.05) is 25.7 Å². The number of aliphatic hydroxyl groups is 1. The van der Waals surface area contributed by atoms with Gasteiger partial charge in [0.05, 0.1) is 26.4 Å². The maximum Gasteiger partial charge on any atom is 0.472 e. The zero-order valence-corrected chi connectivity index (χ0v) is 51.6. The van der Waals surface area contributed by atoms with Crippen molar-refractivity contribution in [2.45, 2.75) is 310 Å². The highest BCUT2D eigenvalue weighted by Gasteiger charge is 2.30. The van der Waals surface area contributed by atoms with E-state index in [1.165, 1.54) is 96.3 Å². The molecular formula is C59H114O17P2. The Balaban J connectivity index is 5.21. The lowest BCUT2D eigenvalue weighted by Crippen LogP contribution is -2.30. The largest absolute Gasteiger partial charge is 0.472 e. The zero-order valence-electron chi connectivity index (χ0n) is 49.8. The highest BCUT2D eigenvalue weighted by molar-refractivity contribution is 7.47. The van der Waals surface area contributed by atoms with Crippen molar-refractivity contribution in [2.75, 3.05) is 39.6 Å². The van der Waals surface area contributed by atoms with Crippen LogP contribution in [-0.2, 0) is 65.4 Å². The average molecular weight is 1160 g/mol. The predicted molar refractivity (Wildman–Crippen MR) is 308 cm³/mol. The minimum absolute atomic E-state index is 0.105. The van der Waals surface area contributed by atoms with Crippen molar-refractivity contribution in [1.82, 2.24) is 0 Å². The molecule has 0 bridgehead atoms. The van der Waals surface area contributed by atoms with Crippen molar-refractivity contribution in [3.05, 3.63) is 0 Å². The van der Waals surface area contributed by atoms with E-state index in [0.717, 1.165) is 109 Å². The van der Waals surface area contributed by atoms with E-state index in [0.29, 0.717) is 31.6 Å². The first-order valence-corrected chi connectivity index (χ1v) is 34.1. The molecule has 0 aromatic rings. The first kappa shape index (κ1) is 76.1. The fraction of sp³-hybridized carbons (Fsp3) is 0.932. The highest BCUT2D eigenvalue weighted by Crippen LogP contribution is 2.45. The molecule has 0 aromatic carbocycles. The topological polar surface area (TPSA) is 237 Å². The van der Waals surface area contributed by atoms with E-state index in [9.17, 15) is 43.2 Å². The van der Waals surface area contributed by atoms with Crippen molar-refractivity contribution in [1.29, 1.82) is 0 Å². The Hall–Kier alpha value is -1.94. The van der Waals surface area contributed by atoms with Crippen LogP contribution in [0.1, 0.15) is 291 Å². The summed E-state index contributed by atoms with van der Waals surface area (Å²) in [6, 6.07) is 0. The number of carbonyl (C=O) groups is 4. The maximum absolute atomic E-state index is 12.9. The van der Waals surface area contributed by atoms with Gasteiger partial charge in [0.25, 0.3) is 0 Å². The number of unbranched alkanes of at least 4 members (excludes halogenated alkanes) is 31. The summed E-state index contributed by atoms with van der Waals surface area (Å²) in [6.07, 6.45) is 35.0. The van der Waals surface area contributed by atoms with Gasteiger partial charge in [0.15, 0.2) is 12.2 Å². The summed E-state index contributed by atoms with van der Waals surface area (Å²) < 4.78 is 67.6. The van der Waals surface area contributed by atoms with Crippen LogP contribution in [0, 0.1) is 5.92 Å². The van der Waals surface area contributed by atoms with E-state index in [1.54, 1.807) is 0 Å². The molecule has 0 rings (SSSR count). The normalized spacial score (nSPS) is 14.4. The molecular weight excluding hydrogens is 1040 g/mol. The summed E-state index contributed by atoms with van der Waals surface area (Å²) in [5.41, 5.74) is 0. The van der Waals surface area contributed by atoms with Gasteiger partial charge in [0.1, 0.15) is 19.3 Å². The Morgan fingerprint density at radius 3 is 0.872 bits per heavy atom. The lowest BCUT2D eigenvalue weighted by molar-refractivity contribution is -0.161. The molecule has 0 aliphatic rings. The highest BCUT2D eigenvalue weighted by atomic mass is 31.2. The van der Waals surface area contributed by atoms with E-state index < -0.39 is 97.5 Å². The molecule has 5 atom stereocenters. The van der Waals surface area contributed by atoms with Crippen molar-refractivity contribution in [3.8, 4) is 0 Å². The predicted octanol–water partition coefficient (Wildman–Crippen LogP) is 15.8. The minimum atomic E-state index is -4.94. The van der Waals surface area contributed by atoms with E-state index in [1.807, 2.05) is 0 Å². The third-order valence-electron chi connectivity index (χ3n) is 13.5. The Labute approximate surface area is 473 Å². The number of phosphoric acid groups is 2. The number of phosphoric ester groups is 2. The first-order valence-electron chi connectivity index (χ1n) is 31.1. The van der Waals surface area contributed by atoms with Gasteiger partial charge in [-0.3, -0.25) is 37.3 Å². The summed E-state index contributed by atoms with van der Waals surface area (Å²) >= 11 is 0. The number of carbonyl (C=O) groups excluding carboxylic acids is 4. The van der Waals surface area contributed by atoms with Crippen molar-refractivity contribution in [3.63, 3.8) is 0 Å². The number of hydrogen-bond acceptors (Lipinski definition) is 15. The quantitative estimate of drug-likeness (QED) is 0.0222. The van der Waals surface area contributed by atoms with Gasteiger partial charge in [-0.15, -0.1) is 0 Å². The number of ether oxygens (including phenoxy) is 4. The maximum atomic E-state index is 12.9. The second-order valence-electron chi connectivity index (χ2n) is 21.9. The van der Waals surface area contributed by atoms with Gasteiger partial charge in [-0.2, -0.15) is 0 Å². The molecule has 0 heterocycles. The minimum Gasteiger partial charge on any atom is -0.462 e. The molecule has 0 aliphatic carbocycles. The molecule has 462 valence electrons. The van der Waals surface area contributed by atoms with Gasteiger partial charge in [-0.05, 0) is 31.6 Å². The summed E-state index contributed by atoms with van der Waals surface area (Å²) in [4.78, 5) is 71.8. The second kappa shape index (κ2) is 53.1. The van der Waals surface area contributed by atoms with Gasteiger partial charge in [-0.1, -0.05) is 240 Å². The van der Waals surface area contributed by atoms with Gasteiger partial charge >= 0.3 is 39.5 Å². The zero-order chi connectivity index (χ0) is 57.8. The number of rotatable bonds is 59. The molecule has 0 fully saturated rings. The molecule has 0 saturated carbocycles. The molecule has 19 heteroatoms. The van der Waals surface area contributed by atoms with Crippen LogP contribution in [0.2, 0.25) is 0 Å². The number of esters is 4. The van der Waals surface area contributed by atoms with Gasteiger partial charge in [-0.25, -0.2) is 9.13 Å². The fourth-order valence-corrected chi connectivity index (χ4v) is 10.3. The lowest BCUT2D eigenvalue weighted by atomic mass is 10.0. The van der Waals surface area contributed by atoms with Crippen LogP contribution in [0.4, 0.5) is 0 Å². The van der Waals surface area contributed by atoms with Crippen LogP contribution in [-0.4, -0.2) is 96.7 Å². The van der Waals surface area contributed by atoms with Crippen LogP contribution in [0.15, 0.2) is 0 Å². The average Bonchev–Trinajstić information content (AvgIpc) is 3.40. The van der Waals surface area contributed by atoms with Gasteiger partial charge < -0.3 is 33.8 Å². The second-order valence-corrected chi connectivity index (χ2v) is 24.8. The number of hydrogen-bond donors (Lipinski definition) is 3. The summed E-state index contributed by atoms with van der Waals surface area (Å²) in [7, 11) is -9.87. The molecule has 0 amide bonds. The summed E-state index contributed by atoms with van der Waals surface area (Å²) in [5, 5.41) is 10.5. The van der Waals surface area contributed by atoms with E-state index >= 15 is 0 Å². The Morgan fingerprint density at radius 2 is 0.590 bits per heavy atom. The van der Waals surface area contributed by atoms with Crippen LogP contribution in [0.5, 0.6) is 0 Å². The van der Waals surface area contributed by atoms with Crippen LogP contribution < -0.4 is 0 Å². The molecule has 0 spiro atoms. The van der Waals surface area contributed by atoms with Crippen molar-refractivity contribution >= 4 is 39.5 Å². The Morgan fingerprint density at radius 1 is 0.346 bits per heavy atom. The number of aliphatic hydroxyl groups excluding tert-OH is 1. The summed E-state index contributed by atoms with van der Waals surface area (Å²) in [5.74, 6) is -1.44.